The lowest BCUT2D eigenvalue weighted by atomic mass is 10.1. The molecule has 0 aromatic rings. The summed E-state index contributed by atoms with van der Waals surface area (Å²) in [5, 5.41) is 0. The smallest absolute Gasteiger partial charge is 0.144 e. The third-order valence-corrected chi connectivity index (χ3v) is 3.02. The average Bonchev–Trinajstić information content (AvgIpc) is 2.23. The van der Waals surface area contributed by atoms with Crippen LogP contribution in [0.4, 0.5) is 4.39 Å². The Labute approximate surface area is 92.8 Å². The van der Waals surface area contributed by atoms with E-state index in [1.54, 1.807) is 6.92 Å². The van der Waals surface area contributed by atoms with E-state index in [0.717, 1.165) is 6.54 Å². The van der Waals surface area contributed by atoms with Crippen molar-refractivity contribution in [1.82, 2.24) is 4.90 Å². The van der Waals surface area contributed by atoms with Crippen LogP contribution in [0.3, 0.4) is 0 Å². The maximum atomic E-state index is 14.0. The van der Waals surface area contributed by atoms with Crippen LogP contribution in [0.1, 0.15) is 34.6 Å². The lowest BCUT2D eigenvalue weighted by Gasteiger charge is -2.30. The van der Waals surface area contributed by atoms with Crippen LogP contribution in [-0.4, -0.2) is 42.4 Å². The molecule has 3 heteroatoms. The minimum Gasteiger partial charge on any atom is -0.373 e. The summed E-state index contributed by atoms with van der Waals surface area (Å²) in [6.45, 7) is 11.7. The summed E-state index contributed by atoms with van der Waals surface area (Å²) in [5.41, 5.74) is -1.21. The molecule has 1 aliphatic heterocycles. The summed E-state index contributed by atoms with van der Waals surface area (Å²) >= 11 is 0. The first-order valence-electron chi connectivity index (χ1n) is 5.86. The highest BCUT2D eigenvalue weighted by molar-refractivity contribution is 4.85. The number of nitrogens with zero attached hydrogens (tertiary/aromatic N) is 1. The normalized spacial score (nSPS) is 34.8. The molecule has 1 aliphatic rings. The van der Waals surface area contributed by atoms with Gasteiger partial charge in [0, 0.05) is 19.1 Å². The number of alkyl halides is 1. The van der Waals surface area contributed by atoms with Crippen LogP contribution < -0.4 is 0 Å². The van der Waals surface area contributed by atoms with Crippen LogP contribution in [-0.2, 0) is 4.74 Å². The summed E-state index contributed by atoms with van der Waals surface area (Å²) in [4.78, 5) is 2.18. The predicted octanol–water partition coefficient (Wildman–Crippen LogP) is 2.48. The standard InChI is InChI=1S/C12H24FNO/c1-9(2)11-6-14(10(3)4)7-12(5,13)8-15-11/h9-11H,6-8H2,1-5H3/t11-,12-/m0/s1. The molecule has 1 heterocycles. The molecule has 90 valence electrons. The maximum Gasteiger partial charge on any atom is 0.144 e. The monoisotopic (exact) mass is 217 g/mol. The summed E-state index contributed by atoms with van der Waals surface area (Å²) < 4.78 is 19.7. The van der Waals surface area contributed by atoms with Gasteiger partial charge in [-0.15, -0.1) is 0 Å². The highest BCUT2D eigenvalue weighted by Crippen LogP contribution is 2.23. The lowest BCUT2D eigenvalue weighted by Crippen LogP contribution is -2.43. The van der Waals surface area contributed by atoms with E-state index in [-0.39, 0.29) is 12.7 Å². The van der Waals surface area contributed by atoms with Crippen molar-refractivity contribution in [1.29, 1.82) is 0 Å². The highest BCUT2D eigenvalue weighted by Gasteiger charge is 2.34. The molecule has 1 fully saturated rings. The van der Waals surface area contributed by atoms with Crippen molar-refractivity contribution < 1.29 is 9.13 Å². The van der Waals surface area contributed by atoms with E-state index in [4.69, 9.17) is 4.74 Å². The van der Waals surface area contributed by atoms with E-state index in [1.807, 2.05) is 0 Å². The molecular formula is C12H24FNO. The largest absolute Gasteiger partial charge is 0.373 e. The van der Waals surface area contributed by atoms with Crippen LogP contribution in [0, 0.1) is 5.92 Å². The van der Waals surface area contributed by atoms with Crippen molar-refractivity contribution in [2.75, 3.05) is 19.7 Å². The van der Waals surface area contributed by atoms with Gasteiger partial charge in [-0.1, -0.05) is 13.8 Å². The Morgan fingerprint density at radius 1 is 1.33 bits per heavy atom. The van der Waals surface area contributed by atoms with Gasteiger partial charge in [-0.25, -0.2) is 4.39 Å². The van der Waals surface area contributed by atoms with Gasteiger partial charge in [-0.2, -0.15) is 0 Å². The summed E-state index contributed by atoms with van der Waals surface area (Å²) in [5.74, 6) is 0.445. The second kappa shape index (κ2) is 4.79. The van der Waals surface area contributed by atoms with Crippen molar-refractivity contribution in [3.63, 3.8) is 0 Å². The number of rotatable bonds is 2. The molecule has 0 aliphatic carbocycles. The molecule has 0 amide bonds. The third-order valence-electron chi connectivity index (χ3n) is 3.02. The Morgan fingerprint density at radius 3 is 2.40 bits per heavy atom. The van der Waals surface area contributed by atoms with Crippen molar-refractivity contribution in [2.45, 2.75) is 52.4 Å². The summed E-state index contributed by atoms with van der Waals surface area (Å²) in [7, 11) is 0. The molecular weight excluding hydrogens is 193 g/mol. The first kappa shape index (κ1) is 12.9. The molecule has 0 bridgehead atoms. The van der Waals surface area contributed by atoms with Gasteiger partial charge in [0.2, 0.25) is 0 Å². The zero-order valence-electron chi connectivity index (χ0n) is 10.6. The molecule has 1 rings (SSSR count). The Kier molecular flexibility index (Phi) is 4.13. The Bertz CT molecular complexity index is 204. The second-order valence-corrected chi connectivity index (χ2v) is 5.53. The minimum absolute atomic E-state index is 0.157. The number of hydrogen-bond donors (Lipinski definition) is 0. The van der Waals surface area contributed by atoms with Crippen molar-refractivity contribution in [3.05, 3.63) is 0 Å². The molecule has 0 radical (unpaired) electrons. The fourth-order valence-corrected chi connectivity index (χ4v) is 1.89. The van der Waals surface area contributed by atoms with Crippen LogP contribution in [0.15, 0.2) is 0 Å². The van der Waals surface area contributed by atoms with Crippen LogP contribution >= 0.6 is 0 Å². The zero-order chi connectivity index (χ0) is 11.6. The maximum absolute atomic E-state index is 14.0. The van der Waals surface area contributed by atoms with Gasteiger partial charge in [0.15, 0.2) is 0 Å². The fourth-order valence-electron chi connectivity index (χ4n) is 1.89. The number of hydrogen-bond acceptors (Lipinski definition) is 2. The molecule has 15 heavy (non-hydrogen) atoms. The molecule has 0 spiro atoms. The van der Waals surface area contributed by atoms with E-state index >= 15 is 0 Å². The first-order chi connectivity index (χ1) is 6.82. The van der Waals surface area contributed by atoms with Gasteiger partial charge < -0.3 is 4.74 Å². The molecule has 2 nitrogen and oxygen atoms in total. The molecule has 2 atom stereocenters. The van der Waals surface area contributed by atoms with Crippen LogP contribution in [0.25, 0.3) is 0 Å². The molecule has 0 aromatic heterocycles. The fraction of sp³-hybridized carbons (Fsp3) is 1.00. The average molecular weight is 217 g/mol. The van der Waals surface area contributed by atoms with Gasteiger partial charge in [0.05, 0.1) is 12.7 Å². The van der Waals surface area contributed by atoms with Crippen molar-refractivity contribution in [2.24, 2.45) is 5.92 Å². The molecule has 0 aromatic carbocycles. The third kappa shape index (κ3) is 3.72. The molecule has 1 saturated heterocycles. The number of ether oxygens (including phenoxy) is 1. The van der Waals surface area contributed by atoms with Crippen LogP contribution in [0.2, 0.25) is 0 Å². The second-order valence-electron chi connectivity index (χ2n) is 5.53. The van der Waals surface area contributed by atoms with Crippen LogP contribution in [0.5, 0.6) is 0 Å². The summed E-state index contributed by atoms with van der Waals surface area (Å²) in [6.07, 6.45) is 0.157. The Hall–Kier alpha value is -0.150. The van der Waals surface area contributed by atoms with E-state index < -0.39 is 5.67 Å². The molecule has 0 N–H and O–H groups in total. The first-order valence-corrected chi connectivity index (χ1v) is 5.86. The Morgan fingerprint density at radius 2 is 1.93 bits per heavy atom. The Balaban J connectivity index is 2.71. The highest BCUT2D eigenvalue weighted by atomic mass is 19.1. The van der Waals surface area contributed by atoms with Gasteiger partial charge in [-0.05, 0) is 26.7 Å². The van der Waals surface area contributed by atoms with E-state index in [2.05, 4.69) is 32.6 Å². The van der Waals surface area contributed by atoms with Gasteiger partial charge in [0.1, 0.15) is 5.67 Å². The molecule has 0 saturated carbocycles. The van der Waals surface area contributed by atoms with Crippen molar-refractivity contribution >= 4 is 0 Å². The molecule has 0 unspecified atom stereocenters. The zero-order valence-corrected chi connectivity index (χ0v) is 10.6. The predicted molar refractivity (Wildman–Crippen MR) is 60.8 cm³/mol. The van der Waals surface area contributed by atoms with Gasteiger partial charge in [0.25, 0.3) is 0 Å². The minimum atomic E-state index is -1.21. The quantitative estimate of drug-likeness (QED) is 0.704. The number of halogens is 1. The SMILES string of the molecule is CC(C)[C@@H]1CN(C(C)C)C[C@](C)(F)CO1. The van der Waals surface area contributed by atoms with Gasteiger partial charge in [-0.3, -0.25) is 4.90 Å². The van der Waals surface area contributed by atoms with E-state index in [0.29, 0.717) is 18.5 Å². The van der Waals surface area contributed by atoms with E-state index in [9.17, 15) is 4.39 Å². The van der Waals surface area contributed by atoms with Crippen molar-refractivity contribution in [3.8, 4) is 0 Å². The van der Waals surface area contributed by atoms with E-state index in [1.165, 1.54) is 0 Å². The topological polar surface area (TPSA) is 12.5 Å². The summed E-state index contributed by atoms with van der Waals surface area (Å²) in [6, 6.07) is 0.378. The van der Waals surface area contributed by atoms with Gasteiger partial charge >= 0.3 is 0 Å². The lowest BCUT2D eigenvalue weighted by molar-refractivity contribution is -0.0151.